The minimum Gasteiger partial charge on any atom is -0.355 e. The number of halogens is 3. The molecule has 1 saturated carbocycles. The summed E-state index contributed by atoms with van der Waals surface area (Å²) in [5.74, 6) is -1.19. The zero-order valence-corrected chi connectivity index (χ0v) is 18.4. The van der Waals surface area contributed by atoms with Gasteiger partial charge in [-0.3, -0.25) is 4.79 Å². The second-order valence-corrected chi connectivity index (χ2v) is 8.54. The lowest BCUT2D eigenvalue weighted by atomic mass is 9.94. The second kappa shape index (κ2) is 11.0. The van der Waals surface area contributed by atoms with Crippen LogP contribution in [0.2, 0.25) is 0 Å². The first-order chi connectivity index (χ1) is 14.6. The van der Waals surface area contributed by atoms with Crippen molar-refractivity contribution >= 4 is 18.3 Å². The summed E-state index contributed by atoms with van der Waals surface area (Å²) in [5, 5.41) is 6.67. The first kappa shape index (κ1) is 23.7. The molecule has 5 nitrogen and oxygen atoms in total. The van der Waals surface area contributed by atoms with Crippen LogP contribution in [-0.4, -0.2) is 41.6 Å². The lowest BCUT2D eigenvalue weighted by Gasteiger charge is -2.37. The van der Waals surface area contributed by atoms with Crippen LogP contribution < -0.4 is 5.32 Å². The minimum absolute atomic E-state index is 0. The highest BCUT2D eigenvalue weighted by molar-refractivity contribution is 5.93. The van der Waals surface area contributed by atoms with Crippen LogP contribution in [0.1, 0.15) is 61.9 Å². The highest BCUT2D eigenvalue weighted by Crippen LogP contribution is 2.27. The summed E-state index contributed by atoms with van der Waals surface area (Å²) >= 11 is 0. The van der Waals surface area contributed by atoms with Crippen molar-refractivity contribution in [2.45, 2.75) is 57.4 Å². The summed E-state index contributed by atoms with van der Waals surface area (Å²) in [4.78, 5) is 15.1. The normalized spacial score (nSPS) is 18.9. The molecule has 31 heavy (non-hydrogen) atoms. The molecule has 2 aromatic rings. The van der Waals surface area contributed by atoms with Crippen LogP contribution in [0.4, 0.5) is 8.78 Å². The van der Waals surface area contributed by atoms with E-state index in [0.717, 1.165) is 44.1 Å². The number of piperidine rings is 1. The smallest absolute Gasteiger partial charge is 0.273 e. The Kier molecular flexibility index (Phi) is 8.43. The lowest BCUT2D eigenvalue weighted by molar-refractivity contribution is 0.0909. The van der Waals surface area contributed by atoms with E-state index in [-0.39, 0.29) is 35.3 Å². The molecule has 170 valence electrons. The summed E-state index contributed by atoms with van der Waals surface area (Å²) < 4.78 is 32.1. The van der Waals surface area contributed by atoms with Crippen LogP contribution in [0.15, 0.2) is 28.8 Å². The highest BCUT2D eigenvalue weighted by atomic mass is 35.5. The van der Waals surface area contributed by atoms with Gasteiger partial charge in [-0.05, 0) is 56.8 Å². The molecule has 8 heteroatoms. The van der Waals surface area contributed by atoms with Crippen LogP contribution in [-0.2, 0) is 0 Å². The number of nitrogens with zero attached hydrogens (tertiary/aromatic N) is 2. The first-order valence-corrected chi connectivity index (χ1v) is 11.0. The number of nitrogens with one attached hydrogen (secondary N) is 1. The van der Waals surface area contributed by atoms with Gasteiger partial charge in [0.25, 0.3) is 5.91 Å². The molecule has 1 N–H and O–H groups in total. The monoisotopic (exact) mass is 453 g/mol. The molecule has 4 rings (SSSR count). The molecule has 1 aromatic heterocycles. The molecule has 0 unspecified atom stereocenters. The largest absolute Gasteiger partial charge is 0.355 e. The molecule has 1 aliphatic heterocycles. The van der Waals surface area contributed by atoms with Crippen molar-refractivity contribution in [2.75, 3.05) is 19.6 Å². The lowest BCUT2D eigenvalue weighted by Crippen LogP contribution is -2.43. The summed E-state index contributed by atoms with van der Waals surface area (Å²) in [6.07, 6.45) is 10.3. The summed E-state index contributed by atoms with van der Waals surface area (Å²) in [7, 11) is 0. The van der Waals surface area contributed by atoms with E-state index in [4.69, 9.17) is 4.52 Å². The molecule has 2 aliphatic rings. The average molecular weight is 454 g/mol. The number of carbonyl (C=O) groups is 1. The summed E-state index contributed by atoms with van der Waals surface area (Å²) in [6.45, 7) is 2.80. The topological polar surface area (TPSA) is 58.4 Å². The van der Waals surface area contributed by atoms with Crippen LogP contribution in [0.3, 0.4) is 0 Å². The number of aromatic nitrogens is 1. The quantitative estimate of drug-likeness (QED) is 0.631. The van der Waals surface area contributed by atoms with Gasteiger partial charge in [-0.25, -0.2) is 8.78 Å². The maximum atomic E-state index is 13.9. The van der Waals surface area contributed by atoms with Gasteiger partial charge in [0.05, 0.1) is 5.56 Å². The minimum atomic E-state index is -0.751. The molecule has 2 heterocycles. The van der Waals surface area contributed by atoms with E-state index in [0.29, 0.717) is 12.5 Å². The number of amides is 1. The van der Waals surface area contributed by atoms with E-state index in [1.54, 1.807) is 0 Å². The molecule has 1 aliphatic carbocycles. The number of carbonyl (C=O) groups excluding carboxylic acids is 1. The zero-order chi connectivity index (χ0) is 20.9. The molecule has 0 bridgehead atoms. The van der Waals surface area contributed by atoms with Gasteiger partial charge in [0.1, 0.15) is 11.6 Å². The number of hydrogen-bond donors (Lipinski definition) is 1. The van der Waals surface area contributed by atoms with Crippen LogP contribution in [0, 0.1) is 17.6 Å². The first-order valence-electron chi connectivity index (χ1n) is 11.0. The van der Waals surface area contributed by atoms with Gasteiger partial charge in [0.2, 0.25) is 0 Å². The fourth-order valence-electron chi connectivity index (χ4n) is 4.67. The third-order valence-electron chi connectivity index (χ3n) is 6.48. The molecule has 2 fully saturated rings. The predicted octanol–water partition coefficient (Wildman–Crippen LogP) is 5.21. The van der Waals surface area contributed by atoms with E-state index in [1.165, 1.54) is 50.7 Å². The van der Waals surface area contributed by atoms with E-state index in [9.17, 15) is 13.6 Å². The molecular weight excluding hydrogens is 424 g/mol. The Labute approximate surface area is 188 Å². The van der Waals surface area contributed by atoms with Crippen molar-refractivity contribution in [3.63, 3.8) is 0 Å². The fourth-order valence-corrected chi connectivity index (χ4v) is 4.67. The molecule has 1 amide bonds. The van der Waals surface area contributed by atoms with E-state index < -0.39 is 11.6 Å². The molecule has 1 saturated heterocycles. The number of benzene rings is 1. The van der Waals surface area contributed by atoms with E-state index in [1.807, 2.05) is 0 Å². The Hall–Kier alpha value is -1.99. The van der Waals surface area contributed by atoms with Gasteiger partial charge in [-0.2, -0.15) is 0 Å². The summed E-state index contributed by atoms with van der Waals surface area (Å²) in [5.41, 5.74) is 0.179. The number of likely N-dealkylation sites (tertiary alicyclic amines) is 1. The van der Waals surface area contributed by atoms with Crippen molar-refractivity contribution in [3.8, 4) is 11.3 Å². The third kappa shape index (κ3) is 6.04. The summed E-state index contributed by atoms with van der Waals surface area (Å²) in [6, 6.07) is 5.32. The molecular formula is C23H30ClF2N3O2. The number of hydrogen-bond acceptors (Lipinski definition) is 4. The van der Waals surface area contributed by atoms with Gasteiger partial charge in [-0.1, -0.05) is 30.8 Å². The molecule has 0 spiro atoms. The maximum Gasteiger partial charge on any atom is 0.273 e. The average Bonchev–Trinajstić information content (AvgIpc) is 3.07. The predicted molar refractivity (Wildman–Crippen MR) is 117 cm³/mol. The Balaban J connectivity index is 0.00000272. The van der Waals surface area contributed by atoms with Crippen LogP contribution >= 0.6 is 12.4 Å². The standard InChI is InChI=1S/C23H29F2N3O2.ClH/c24-17-7-8-19(20(25)13-17)22-14-21(27-30-22)23(29)26-15-16-9-11-28(12-10-16)18-5-3-1-2-4-6-18;/h7-8,13-14,16,18H,1-6,9-12,15H2,(H,26,29);1H. The molecule has 0 atom stereocenters. The Morgan fingerprint density at radius 1 is 1.06 bits per heavy atom. The van der Waals surface area contributed by atoms with Gasteiger partial charge in [-0.15, -0.1) is 12.4 Å². The highest BCUT2D eigenvalue weighted by Gasteiger charge is 2.26. The molecule has 1 aromatic carbocycles. The third-order valence-corrected chi connectivity index (χ3v) is 6.48. The van der Waals surface area contributed by atoms with E-state index >= 15 is 0 Å². The van der Waals surface area contributed by atoms with Gasteiger partial charge >= 0.3 is 0 Å². The number of rotatable bonds is 5. The van der Waals surface area contributed by atoms with Gasteiger partial charge in [0.15, 0.2) is 11.5 Å². The van der Waals surface area contributed by atoms with Crippen molar-refractivity contribution in [3.05, 3.63) is 41.6 Å². The van der Waals surface area contributed by atoms with Crippen molar-refractivity contribution in [1.82, 2.24) is 15.4 Å². The second-order valence-electron chi connectivity index (χ2n) is 8.54. The SMILES string of the molecule is Cl.O=C(NCC1CCN(C2CCCCCC2)CC1)c1cc(-c2ccc(F)cc2F)on1. The van der Waals surface area contributed by atoms with Crippen molar-refractivity contribution in [1.29, 1.82) is 0 Å². The Morgan fingerprint density at radius 2 is 1.77 bits per heavy atom. The zero-order valence-electron chi connectivity index (χ0n) is 17.6. The van der Waals surface area contributed by atoms with Gasteiger partial charge < -0.3 is 14.7 Å². The fraction of sp³-hybridized carbons (Fsp3) is 0.565. The molecule has 0 radical (unpaired) electrons. The van der Waals surface area contributed by atoms with Crippen LogP contribution in [0.5, 0.6) is 0 Å². The van der Waals surface area contributed by atoms with Crippen molar-refractivity contribution in [2.24, 2.45) is 5.92 Å². The van der Waals surface area contributed by atoms with E-state index in [2.05, 4.69) is 15.4 Å². The Bertz CT molecular complexity index is 860. The Morgan fingerprint density at radius 3 is 2.45 bits per heavy atom. The van der Waals surface area contributed by atoms with Crippen LogP contribution in [0.25, 0.3) is 11.3 Å². The van der Waals surface area contributed by atoms with Crippen molar-refractivity contribution < 1.29 is 18.1 Å². The maximum absolute atomic E-state index is 13.9. The van der Waals surface area contributed by atoms with Gasteiger partial charge in [0, 0.05) is 24.7 Å².